The van der Waals surface area contributed by atoms with Crippen LogP contribution in [0.5, 0.6) is 0 Å². The summed E-state index contributed by atoms with van der Waals surface area (Å²) >= 11 is 0. The SMILES string of the molecule is CCCCN(C)C(=O)c1cc2c(=O)n3ccccc3nc2n1C. The van der Waals surface area contributed by atoms with Gasteiger partial charge in [0, 0.05) is 26.8 Å². The molecule has 6 nitrogen and oxygen atoms in total. The van der Waals surface area contributed by atoms with Gasteiger partial charge in [0.2, 0.25) is 0 Å². The molecule has 0 aromatic carbocycles. The Hall–Kier alpha value is -2.63. The van der Waals surface area contributed by atoms with Crippen LogP contribution in [0.3, 0.4) is 0 Å². The van der Waals surface area contributed by atoms with Crippen molar-refractivity contribution in [1.82, 2.24) is 18.9 Å². The zero-order valence-electron chi connectivity index (χ0n) is 13.6. The predicted octanol–water partition coefficient (Wildman–Crippen LogP) is 2.06. The van der Waals surface area contributed by atoms with E-state index in [4.69, 9.17) is 0 Å². The minimum Gasteiger partial charge on any atom is -0.340 e. The lowest BCUT2D eigenvalue weighted by Gasteiger charge is -2.16. The first-order valence-corrected chi connectivity index (χ1v) is 7.77. The molecule has 0 N–H and O–H groups in total. The summed E-state index contributed by atoms with van der Waals surface area (Å²) in [5.74, 6) is -0.0904. The summed E-state index contributed by atoms with van der Waals surface area (Å²) in [7, 11) is 3.56. The van der Waals surface area contributed by atoms with Crippen molar-refractivity contribution in [1.29, 1.82) is 0 Å². The first kappa shape index (κ1) is 15.3. The highest BCUT2D eigenvalue weighted by molar-refractivity contribution is 5.97. The minimum atomic E-state index is -0.156. The number of carbonyl (C=O) groups is 1. The smallest absolute Gasteiger partial charge is 0.270 e. The number of aryl methyl sites for hydroxylation is 1. The van der Waals surface area contributed by atoms with Gasteiger partial charge in [-0.15, -0.1) is 0 Å². The van der Waals surface area contributed by atoms with E-state index >= 15 is 0 Å². The molecule has 0 aliphatic heterocycles. The quantitative estimate of drug-likeness (QED) is 0.741. The van der Waals surface area contributed by atoms with E-state index in [0.29, 0.717) is 28.9 Å². The Kier molecular flexibility index (Phi) is 3.90. The number of amides is 1. The molecule has 3 heterocycles. The Bertz CT molecular complexity index is 939. The molecule has 23 heavy (non-hydrogen) atoms. The first-order chi connectivity index (χ1) is 11.0. The van der Waals surface area contributed by atoms with E-state index in [1.165, 1.54) is 4.40 Å². The normalized spacial score (nSPS) is 11.3. The highest BCUT2D eigenvalue weighted by atomic mass is 16.2. The average Bonchev–Trinajstić information content (AvgIpc) is 2.89. The van der Waals surface area contributed by atoms with Crippen LogP contribution >= 0.6 is 0 Å². The lowest BCUT2D eigenvalue weighted by molar-refractivity contribution is 0.0784. The fourth-order valence-corrected chi connectivity index (χ4v) is 2.72. The van der Waals surface area contributed by atoms with Gasteiger partial charge in [-0.05, 0) is 24.6 Å². The van der Waals surface area contributed by atoms with Gasteiger partial charge >= 0.3 is 0 Å². The van der Waals surface area contributed by atoms with Crippen LogP contribution < -0.4 is 5.56 Å². The van der Waals surface area contributed by atoms with Crippen LogP contribution in [0.1, 0.15) is 30.3 Å². The number of rotatable bonds is 4. The lowest BCUT2D eigenvalue weighted by atomic mass is 10.3. The summed E-state index contributed by atoms with van der Waals surface area (Å²) in [6.45, 7) is 2.79. The second kappa shape index (κ2) is 5.87. The van der Waals surface area contributed by atoms with Gasteiger partial charge < -0.3 is 9.47 Å². The van der Waals surface area contributed by atoms with E-state index in [1.807, 2.05) is 6.07 Å². The molecule has 0 aliphatic rings. The summed E-state index contributed by atoms with van der Waals surface area (Å²) in [5.41, 5.74) is 1.44. The fraction of sp³-hybridized carbons (Fsp3) is 0.353. The molecule has 3 rings (SSSR count). The number of unbranched alkanes of at least 4 members (excludes halogenated alkanes) is 1. The number of hydrogen-bond acceptors (Lipinski definition) is 3. The lowest BCUT2D eigenvalue weighted by Crippen LogP contribution is -2.29. The van der Waals surface area contributed by atoms with E-state index in [0.717, 1.165) is 12.8 Å². The Balaban J connectivity index is 2.15. The highest BCUT2D eigenvalue weighted by Crippen LogP contribution is 2.16. The predicted molar refractivity (Wildman–Crippen MR) is 89.8 cm³/mol. The molecule has 0 radical (unpaired) electrons. The molecule has 3 aromatic rings. The number of carbonyl (C=O) groups excluding carboxylic acids is 1. The Morgan fingerprint density at radius 2 is 2.13 bits per heavy atom. The third-order valence-corrected chi connectivity index (χ3v) is 4.12. The van der Waals surface area contributed by atoms with Crippen molar-refractivity contribution in [2.75, 3.05) is 13.6 Å². The summed E-state index contributed by atoms with van der Waals surface area (Å²) in [4.78, 5) is 31.4. The van der Waals surface area contributed by atoms with Crippen molar-refractivity contribution in [3.8, 4) is 0 Å². The van der Waals surface area contributed by atoms with Crippen molar-refractivity contribution in [2.24, 2.45) is 7.05 Å². The molecule has 120 valence electrons. The minimum absolute atomic E-state index is 0.0904. The van der Waals surface area contributed by atoms with Gasteiger partial charge in [0.1, 0.15) is 17.0 Å². The Morgan fingerprint density at radius 3 is 2.87 bits per heavy atom. The number of nitrogens with zero attached hydrogens (tertiary/aromatic N) is 4. The maximum atomic E-state index is 12.6. The molecular formula is C17H20N4O2. The van der Waals surface area contributed by atoms with Gasteiger partial charge in [-0.3, -0.25) is 14.0 Å². The zero-order chi connectivity index (χ0) is 16.6. The van der Waals surface area contributed by atoms with Crippen molar-refractivity contribution in [3.63, 3.8) is 0 Å². The second-order valence-corrected chi connectivity index (χ2v) is 5.75. The maximum absolute atomic E-state index is 12.6. The Labute approximate surface area is 134 Å². The number of hydrogen-bond donors (Lipinski definition) is 0. The maximum Gasteiger partial charge on any atom is 0.270 e. The molecule has 3 aromatic heterocycles. The standard InChI is InChI=1S/C17H20N4O2/c1-4-5-9-19(2)17(23)13-11-12-15(20(13)3)18-14-8-6-7-10-21(14)16(12)22/h6-8,10-11H,4-5,9H2,1-3H3. The Morgan fingerprint density at radius 1 is 1.35 bits per heavy atom. The molecule has 0 unspecified atom stereocenters. The van der Waals surface area contributed by atoms with E-state index in [-0.39, 0.29) is 11.5 Å². The highest BCUT2D eigenvalue weighted by Gasteiger charge is 2.19. The fourth-order valence-electron chi connectivity index (χ4n) is 2.72. The van der Waals surface area contributed by atoms with Crippen LogP contribution in [-0.2, 0) is 7.05 Å². The van der Waals surface area contributed by atoms with Crippen LogP contribution in [0.25, 0.3) is 16.7 Å². The summed E-state index contributed by atoms with van der Waals surface area (Å²) in [5, 5.41) is 0.462. The van der Waals surface area contributed by atoms with E-state index in [2.05, 4.69) is 11.9 Å². The molecule has 0 atom stereocenters. The van der Waals surface area contributed by atoms with Crippen molar-refractivity contribution >= 4 is 22.6 Å². The topological polar surface area (TPSA) is 59.6 Å². The first-order valence-electron chi connectivity index (χ1n) is 7.77. The second-order valence-electron chi connectivity index (χ2n) is 5.75. The molecule has 0 aliphatic carbocycles. The zero-order valence-corrected chi connectivity index (χ0v) is 13.6. The van der Waals surface area contributed by atoms with Gasteiger partial charge in [0.15, 0.2) is 0 Å². The molecule has 0 fully saturated rings. The summed E-state index contributed by atoms with van der Waals surface area (Å²) < 4.78 is 3.20. The number of pyridine rings is 1. The van der Waals surface area contributed by atoms with E-state index in [1.54, 1.807) is 48.0 Å². The number of aromatic nitrogens is 3. The average molecular weight is 312 g/mol. The molecule has 6 heteroatoms. The molecule has 1 amide bonds. The van der Waals surface area contributed by atoms with Gasteiger partial charge in [0.05, 0.1) is 5.39 Å². The molecular weight excluding hydrogens is 292 g/mol. The summed E-state index contributed by atoms with van der Waals surface area (Å²) in [6.07, 6.45) is 3.67. The van der Waals surface area contributed by atoms with Gasteiger partial charge in [-0.1, -0.05) is 19.4 Å². The van der Waals surface area contributed by atoms with E-state index in [9.17, 15) is 9.59 Å². The third kappa shape index (κ3) is 2.50. The van der Waals surface area contributed by atoms with Gasteiger partial charge in [-0.25, -0.2) is 4.98 Å². The number of fused-ring (bicyclic) bond motifs is 2. The van der Waals surface area contributed by atoms with Crippen LogP contribution in [0.4, 0.5) is 0 Å². The third-order valence-electron chi connectivity index (χ3n) is 4.12. The van der Waals surface area contributed by atoms with Crippen molar-refractivity contribution in [2.45, 2.75) is 19.8 Å². The van der Waals surface area contributed by atoms with Crippen LogP contribution in [0, 0.1) is 0 Å². The molecule has 0 spiro atoms. The van der Waals surface area contributed by atoms with Crippen molar-refractivity contribution in [3.05, 3.63) is 46.5 Å². The molecule has 0 saturated carbocycles. The van der Waals surface area contributed by atoms with Gasteiger partial charge in [0.25, 0.3) is 11.5 Å². The molecule has 0 saturated heterocycles. The van der Waals surface area contributed by atoms with Crippen LogP contribution in [-0.4, -0.2) is 38.4 Å². The molecule has 0 bridgehead atoms. The van der Waals surface area contributed by atoms with Crippen LogP contribution in [0.15, 0.2) is 35.3 Å². The largest absolute Gasteiger partial charge is 0.340 e. The van der Waals surface area contributed by atoms with Crippen molar-refractivity contribution < 1.29 is 4.79 Å². The summed E-state index contributed by atoms with van der Waals surface area (Å²) in [6, 6.07) is 7.05. The van der Waals surface area contributed by atoms with Crippen LogP contribution in [0.2, 0.25) is 0 Å². The van der Waals surface area contributed by atoms with Gasteiger partial charge in [-0.2, -0.15) is 0 Å². The monoisotopic (exact) mass is 312 g/mol. The van der Waals surface area contributed by atoms with E-state index < -0.39 is 0 Å².